The summed E-state index contributed by atoms with van der Waals surface area (Å²) in [6.45, 7) is 1.46. The molecule has 0 unspecified atom stereocenters. The van der Waals surface area contributed by atoms with Crippen LogP contribution in [0.1, 0.15) is 23.1 Å². The number of carbonyl (C=O) groups excluding carboxylic acids is 1. The lowest BCUT2D eigenvalue weighted by atomic mass is 9.96. The average molecular weight is 604 g/mol. The molecule has 2 amide bonds. The number of anilines is 3. The van der Waals surface area contributed by atoms with E-state index in [1.165, 1.54) is 31.3 Å². The second-order valence-electron chi connectivity index (χ2n) is 9.66. The summed E-state index contributed by atoms with van der Waals surface area (Å²) in [6.07, 6.45) is -6.36. The Morgan fingerprint density at radius 3 is 2.26 bits per heavy atom. The Morgan fingerprint density at radius 2 is 1.67 bits per heavy atom. The summed E-state index contributed by atoms with van der Waals surface area (Å²) < 4.78 is 69.3. The van der Waals surface area contributed by atoms with Crippen molar-refractivity contribution in [1.29, 1.82) is 0 Å². The van der Waals surface area contributed by atoms with Gasteiger partial charge in [0.1, 0.15) is 0 Å². The summed E-state index contributed by atoms with van der Waals surface area (Å²) in [5.74, 6) is -2.15. The van der Waals surface area contributed by atoms with Crippen LogP contribution in [0.2, 0.25) is 0 Å². The highest BCUT2D eigenvalue weighted by atomic mass is 32.2. The van der Waals surface area contributed by atoms with Gasteiger partial charge in [0, 0.05) is 44.7 Å². The zero-order chi connectivity index (χ0) is 30.8. The highest BCUT2D eigenvalue weighted by molar-refractivity contribution is 7.92. The summed E-state index contributed by atoms with van der Waals surface area (Å²) >= 11 is 0. The first-order valence-electron chi connectivity index (χ1n) is 12.6. The van der Waals surface area contributed by atoms with Crippen molar-refractivity contribution >= 4 is 44.8 Å². The summed E-state index contributed by atoms with van der Waals surface area (Å²) in [5.41, 5.74) is 1.82. The third-order valence-corrected chi connectivity index (χ3v) is 8.02. The fourth-order valence-electron chi connectivity index (χ4n) is 4.49. The Morgan fingerprint density at radius 1 is 1.02 bits per heavy atom. The van der Waals surface area contributed by atoms with E-state index < -0.39 is 34.7 Å². The number of sulfonamides is 1. The van der Waals surface area contributed by atoms with Crippen LogP contribution in [0.5, 0.6) is 0 Å². The van der Waals surface area contributed by atoms with Gasteiger partial charge >= 0.3 is 18.2 Å². The molecule has 3 aromatic rings. The smallest absolute Gasteiger partial charge is 0.465 e. The standard InChI is InChI=1S/C28H28F3N5O5S/c1-18-9-11-20(12-10-18)42(40,41)33-23-13-14-24(35(3)27(38)39)21(17-34(2)26(37)28(29,30)31)25(23)22-15-16-36(32-22)19-7-5-4-6-8-19/h4-14,33H,15-17H2,1-3H3,(H,38,39). The number of benzene rings is 3. The summed E-state index contributed by atoms with van der Waals surface area (Å²) in [4.78, 5) is 25.2. The number of nitrogens with zero attached hydrogens (tertiary/aromatic N) is 4. The van der Waals surface area contributed by atoms with E-state index in [2.05, 4.69) is 9.82 Å². The minimum atomic E-state index is -5.19. The molecule has 222 valence electrons. The van der Waals surface area contributed by atoms with E-state index in [9.17, 15) is 36.3 Å². The molecule has 10 nitrogen and oxygen atoms in total. The maximum Gasteiger partial charge on any atom is 0.471 e. The number of carbonyl (C=O) groups is 2. The molecule has 2 N–H and O–H groups in total. The third-order valence-electron chi connectivity index (χ3n) is 6.64. The molecule has 0 bridgehead atoms. The predicted octanol–water partition coefficient (Wildman–Crippen LogP) is 5.05. The van der Waals surface area contributed by atoms with Crippen molar-refractivity contribution < 1.29 is 36.3 Å². The zero-order valence-electron chi connectivity index (χ0n) is 22.9. The quantitative estimate of drug-likeness (QED) is 0.372. The second-order valence-corrected chi connectivity index (χ2v) is 11.3. The first kappa shape index (κ1) is 30.4. The number of para-hydroxylation sites is 1. The van der Waals surface area contributed by atoms with E-state index in [1.807, 2.05) is 6.07 Å². The van der Waals surface area contributed by atoms with Gasteiger partial charge < -0.3 is 10.0 Å². The van der Waals surface area contributed by atoms with Gasteiger partial charge in [0.15, 0.2) is 0 Å². The van der Waals surface area contributed by atoms with Gasteiger partial charge in [-0.15, -0.1) is 0 Å². The average Bonchev–Trinajstić information content (AvgIpc) is 3.42. The number of hydrazone groups is 1. The molecule has 4 rings (SSSR count). The highest BCUT2D eigenvalue weighted by Gasteiger charge is 2.42. The van der Waals surface area contributed by atoms with Crippen molar-refractivity contribution in [2.45, 2.75) is 31.0 Å². The Balaban J connectivity index is 1.92. The van der Waals surface area contributed by atoms with E-state index >= 15 is 0 Å². The molecule has 0 aromatic heterocycles. The molecule has 1 aliphatic heterocycles. The molecule has 0 spiro atoms. The van der Waals surface area contributed by atoms with Crippen molar-refractivity contribution in [3.05, 3.63) is 83.4 Å². The van der Waals surface area contributed by atoms with Crippen molar-refractivity contribution in [2.75, 3.05) is 35.3 Å². The molecular formula is C28H28F3N5O5S. The van der Waals surface area contributed by atoms with Gasteiger partial charge in [-0.3, -0.25) is 19.4 Å². The fraction of sp³-hybridized carbons (Fsp3) is 0.250. The number of amides is 2. The molecular weight excluding hydrogens is 575 g/mol. The van der Waals surface area contributed by atoms with Crippen LogP contribution >= 0.6 is 0 Å². The van der Waals surface area contributed by atoms with E-state index in [0.717, 1.165) is 23.2 Å². The summed E-state index contributed by atoms with van der Waals surface area (Å²) in [6, 6.07) is 17.7. The molecule has 0 fully saturated rings. The first-order valence-corrected chi connectivity index (χ1v) is 14.1. The van der Waals surface area contributed by atoms with Crippen LogP contribution in [0.15, 0.2) is 76.7 Å². The van der Waals surface area contributed by atoms with E-state index in [-0.39, 0.29) is 33.8 Å². The number of aryl methyl sites for hydroxylation is 1. The molecule has 0 saturated carbocycles. The number of hydrogen-bond acceptors (Lipinski definition) is 6. The van der Waals surface area contributed by atoms with Crippen molar-refractivity contribution in [3.8, 4) is 0 Å². The minimum absolute atomic E-state index is 0.0298. The molecule has 14 heteroatoms. The van der Waals surface area contributed by atoms with Gasteiger partial charge in [0.25, 0.3) is 10.0 Å². The number of nitrogens with one attached hydrogen (secondary N) is 1. The largest absolute Gasteiger partial charge is 0.471 e. The first-order chi connectivity index (χ1) is 19.7. The molecule has 0 aliphatic carbocycles. The summed E-state index contributed by atoms with van der Waals surface area (Å²) in [5, 5.41) is 16.0. The topological polar surface area (TPSA) is 123 Å². The van der Waals surface area contributed by atoms with Gasteiger partial charge in [0.2, 0.25) is 0 Å². The number of hydrogen-bond donors (Lipinski definition) is 2. The lowest BCUT2D eigenvalue weighted by molar-refractivity contribution is -0.184. The zero-order valence-corrected chi connectivity index (χ0v) is 23.7. The molecule has 0 saturated heterocycles. The van der Waals surface area contributed by atoms with Crippen molar-refractivity contribution in [2.24, 2.45) is 5.10 Å². The number of carboxylic acid groups (broad SMARTS) is 1. The van der Waals surface area contributed by atoms with E-state index in [1.54, 1.807) is 48.3 Å². The van der Waals surface area contributed by atoms with Gasteiger partial charge in [0.05, 0.1) is 27.7 Å². The summed E-state index contributed by atoms with van der Waals surface area (Å²) in [7, 11) is -2.07. The van der Waals surface area contributed by atoms with Gasteiger partial charge in [-0.25, -0.2) is 13.2 Å². The molecule has 0 atom stereocenters. The molecule has 1 aliphatic rings. The highest BCUT2D eigenvalue weighted by Crippen LogP contribution is 2.36. The predicted molar refractivity (Wildman–Crippen MR) is 152 cm³/mol. The monoisotopic (exact) mass is 603 g/mol. The van der Waals surface area contributed by atoms with Crippen molar-refractivity contribution in [3.63, 3.8) is 0 Å². The lowest BCUT2D eigenvalue weighted by Gasteiger charge is -2.27. The molecule has 42 heavy (non-hydrogen) atoms. The molecule has 0 radical (unpaired) electrons. The fourth-order valence-corrected chi connectivity index (χ4v) is 5.57. The van der Waals surface area contributed by atoms with Gasteiger partial charge in [-0.05, 0) is 43.3 Å². The van der Waals surface area contributed by atoms with Crippen molar-refractivity contribution in [1.82, 2.24) is 4.90 Å². The Bertz CT molecular complexity index is 1630. The Labute approximate surface area is 240 Å². The van der Waals surface area contributed by atoms with E-state index in [4.69, 9.17) is 0 Å². The molecule has 3 aromatic carbocycles. The minimum Gasteiger partial charge on any atom is -0.465 e. The Hall–Kier alpha value is -4.59. The van der Waals surface area contributed by atoms with Crippen LogP contribution in [0.3, 0.4) is 0 Å². The van der Waals surface area contributed by atoms with Crippen LogP contribution in [-0.2, 0) is 21.4 Å². The van der Waals surface area contributed by atoms with Crippen LogP contribution in [0.4, 0.5) is 35.0 Å². The lowest BCUT2D eigenvalue weighted by Crippen LogP contribution is -2.39. The molecule has 1 heterocycles. The number of rotatable bonds is 8. The second kappa shape index (κ2) is 11.7. The maximum atomic E-state index is 13.4. The third kappa shape index (κ3) is 6.48. The van der Waals surface area contributed by atoms with Crippen LogP contribution in [0, 0.1) is 6.92 Å². The van der Waals surface area contributed by atoms with Gasteiger partial charge in [-0.2, -0.15) is 18.3 Å². The normalized spacial score (nSPS) is 13.5. The SMILES string of the molecule is Cc1ccc(S(=O)(=O)Nc2ccc(N(C)C(=O)O)c(CN(C)C(=O)C(F)(F)F)c2C2=NN(c3ccccc3)CC2)cc1. The van der Waals surface area contributed by atoms with Crippen LogP contribution < -0.4 is 14.6 Å². The Kier molecular flexibility index (Phi) is 8.48. The number of halogens is 3. The number of alkyl halides is 3. The van der Waals surface area contributed by atoms with Gasteiger partial charge in [-0.1, -0.05) is 35.9 Å². The maximum absolute atomic E-state index is 13.4. The van der Waals surface area contributed by atoms with Crippen LogP contribution in [-0.4, -0.2) is 63.0 Å². The van der Waals surface area contributed by atoms with E-state index in [0.29, 0.717) is 17.2 Å². The van der Waals surface area contributed by atoms with Crippen LogP contribution in [0.25, 0.3) is 0 Å².